The number of aromatic nitrogens is 2. The summed E-state index contributed by atoms with van der Waals surface area (Å²) in [5, 5.41) is 0. The summed E-state index contributed by atoms with van der Waals surface area (Å²) in [7, 11) is 0. The van der Waals surface area contributed by atoms with Crippen molar-refractivity contribution in [3.63, 3.8) is 0 Å². The summed E-state index contributed by atoms with van der Waals surface area (Å²) in [6, 6.07) is 8.00. The highest BCUT2D eigenvalue weighted by molar-refractivity contribution is 5.74. The highest BCUT2D eigenvalue weighted by atomic mass is 16.5. The van der Waals surface area contributed by atoms with E-state index in [9.17, 15) is 0 Å². The van der Waals surface area contributed by atoms with Crippen LogP contribution in [-0.2, 0) is 4.74 Å². The third-order valence-electron chi connectivity index (χ3n) is 3.27. The minimum atomic E-state index is 0.140. The lowest BCUT2D eigenvalue weighted by Crippen LogP contribution is -2.15. The Hall–Kier alpha value is -1.48. The topological polar surface area (TPSA) is 35.0 Å². The van der Waals surface area contributed by atoms with Crippen molar-refractivity contribution >= 4 is 11.0 Å². The summed E-state index contributed by atoms with van der Waals surface area (Å²) in [6.07, 6.45) is 3.59. The second kappa shape index (κ2) is 4.41. The van der Waals surface area contributed by atoms with Gasteiger partial charge in [0.2, 0.25) is 0 Å². The molecule has 17 heavy (non-hydrogen) atoms. The largest absolute Gasteiger partial charge is 0.372 e. The monoisotopic (exact) mass is 228 g/mol. The molecule has 3 heteroatoms. The van der Waals surface area contributed by atoms with Gasteiger partial charge in [0.1, 0.15) is 6.10 Å². The molecule has 0 N–H and O–H groups in total. The summed E-state index contributed by atoms with van der Waals surface area (Å²) in [5.74, 6) is 0. The van der Waals surface area contributed by atoms with E-state index >= 15 is 0 Å². The number of hydrogen-bond acceptors (Lipinski definition) is 3. The minimum Gasteiger partial charge on any atom is -0.372 e. The fraction of sp³-hybridized carbons (Fsp3) is 0.429. The normalized spacial score (nSPS) is 20.6. The zero-order valence-corrected chi connectivity index (χ0v) is 10.0. The number of ether oxygens (including phenoxy) is 1. The summed E-state index contributed by atoms with van der Waals surface area (Å²) in [5.41, 5.74) is 3.94. The quantitative estimate of drug-likeness (QED) is 0.752. The van der Waals surface area contributed by atoms with Crippen molar-refractivity contribution in [3.8, 4) is 0 Å². The Morgan fingerprint density at radius 3 is 2.59 bits per heavy atom. The van der Waals surface area contributed by atoms with Crippen molar-refractivity contribution < 1.29 is 4.74 Å². The zero-order chi connectivity index (χ0) is 11.7. The maximum Gasteiger partial charge on any atom is 0.101 e. The molecule has 1 fully saturated rings. The van der Waals surface area contributed by atoms with Crippen molar-refractivity contribution in [3.05, 3.63) is 35.7 Å². The van der Waals surface area contributed by atoms with Gasteiger partial charge in [-0.1, -0.05) is 12.1 Å². The van der Waals surface area contributed by atoms with Gasteiger partial charge in [0.15, 0.2) is 0 Å². The molecule has 1 aromatic heterocycles. The van der Waals surface area contributed by atoms with Crippen molar-refractivity contribution in [1.82, 2.24) is 9.97 Å². The van der Waals surface area contributed by atoms with Crippen LogP contribution in [-0.4, -0.2) is 16.6 Å². The molecule has 2 aromatic rings. The van der Waals surface area contributed by atoms with E-state index in [1.807, 2.05) is 31.2 Å². The van der Waals surface area contributed by atoms with Crippen molar-refractivity contribution in [2.75, 3.05) is 6.61 Å². The average molecular weight is 228 g/mol. The first-order valence-electron chi connectivity index (χ1n) is 6.19. The van der Waals surface area contributed by atoms with Gasteiger partial charge in [-0.15, -0.1) is 0 Å². The smallest absolute Gasteiger partial charge is 0.101 e. The van der Waals surface area contributed by atoms with Gasteiger partial charge in [-0.25, -0.2) is 9.97 Å². The van der Waals surface area contributed by atoms with E-state index in [1.54, 1.807) is 0 Å². The van der Waals surface area contributed by atoms with Crippen LogP contribution in [0, 0.1) is 6.92 Å². The molecule has 88 valence electrons. The van der Waals surface area contributed by atoms with Crippen LogP contribution in [0.5, 0.6) is 0 Å². The van der Waals surface area contributed by atoms with E-state index < -0.39 is 0 Å². The number of aryl methyl sites for hydroxylation is 1. The van der Waals surface area contributed by atoms with E-state index in [-0.39, 0.29) is 6.10 Å². The summed E-state index contributed by atoms with van der Waals surface area (Å²) in [4.78, 5) is 9.32. The molecule has 1 aliphatic rings. The average Bonchev–Trinajstić information content (AvgIpc) is 2.39. The van der Waals surface area contributed by atoms with Gasteiger partial charge in [-0.2, -0.15) is 0 Å². The first kappa shape index (κ1) is 10.7. The van der Waals surface area contributed by atoms with Gasteiger partial charge in [-0.3, -0.25) is 0 Å². The Kier molecular flexibility index (Phi) is 2.77. The third-order valence-corrected chi connectivity index (χ3v) is 3.27. The van der Waals surface area contributed by atoms with E-state index in [0.29, 0.717) is 0 Å². The molecule has 0 bridgehead atoms. The number of hydrogen-bond donors (Lipinski definition) is 0. The highest BCUT2D eigenvalue weighted by Gasteiger charge is 2.20. The molecule has 2 heterocycles. The molecule has 0 amide bonds. The molecular weight excluding hydrogens is 212 g/mol. The highest BCUT2D eigenvalue weighted by Crippen LogP contribution is 2.28. The van der Waals surface area contributed by atoms with Gasteiger partial charge in [0.05, 0.1) is 22.4 Å². The first-order chi connectivity index (χ1) is 8.34. The molecule has 0 radical (unpaired) electrons. The molecule has 1 unspecified atom stereocenters. The number of benzene rings is 1. The number of nitrogens with zero attached hydrogens (tertiary/aromatic N) is 2. The molecule has 1 saturated heterocycles. The predicted octanol–water partition coefficient (Wildman–Crippen LogP) is 3.18. The van der Waals surface area contributed by atoms with Gasteiger partial charge < -0.3 is 4.74 Å². The molecule has 0 spiro atoms. The van der Waals surface area contributed by atoms with Crippen LogP contribution >= 0.6 is 0 Å². The van der Waals surface area contributed by atoms with Crippen LogP contribution in [0.4, 0.5) is 0 Å². The van der Waals surface area contributed by atoms with Crippen LogP contribution in [0.3, 0.4) is 0 Å². The lowest BCUT2D eigenvalue weighted by atomic mass is 10.0. The predicted molar refractivity (Wildman–Crippen MR) is 66.8 cm³/mol. The Morgan fingerprint density at radius 2 is 1.88 bits per heavy atom. The van der Waals surface area contributed by atoms with E-state index in [2.05, 4.69) is 4.98 Å². The third kappa shape index (κ3) is 2.03. The van der Waals surface area contributed by atoms with Crippen LogP contribution in [0.15, 0.2) is 24.3 Å². The maximum absolute atomic E-state index is 5.79. The van der Waals surface area contributed by atoms with Crippen molar-refractivity contribution in [1.29, 1.82) is 0 Å². The number of fused-ring (bicyclic) bond motifs is 1. The number of rotatable bonds is 1. The minimum absolute atomic E-state index is 0.140. The Labute approximate surface area is 101 Å². The second-order valence-electron chi connectivity index (χ2n) is 4.54. The Balaban J connectivity index is 2.06. The van der Waals surface area contributed by atoms with E-state index in [0.717, 1.165) is 41.9 Å². The zero-order valence-electron chi connectivity index (χ0n) is 10.0. The molecule has 1 aromatic carbocycles. The maximum atomic E-state index is 5.79. The summed E-state index contributed by atoms with van der Waals surface area (Å²) >= 11 is 0. The second-order valence-corrected chi connectivity index (χ2v) is 4.54. The molecule has 3 nitrogen and oxygen atoms in total. The first-order valence-corrected chi connectivity index (χ1v) is 6.19. The van der Waals surface area contributed by atoms with Crippen LogP contribution in [0.2, 0.25) is 0 Å². The van der Waals surface area contributed by atoms with Gasteiger partial charge in [0, 0.05) is 6.61 Å². The van der Waals surface area contributed by atoms with E-state index in [1.165, 1.54) is 6.42 Å². The molecule has 3 rings (SSSR count). The number of para-hydroxylation sites is 2. The SMILES string of the molecule is Cc1nc2ccccc2nc1C1CCCCO1. The fourth-order valence-corrected chi connectivity index (χ4v) is 2.36. The van der Waals surface area contributed by atoms with Crippen LogP contribution < -0.4 is 0 Å². The lowest BCUT2D eigenvalue weighted by Gasteiger charge is -2.23. The van der Waals surface area contributed by atoms with Gasteiger partial charge >= 0.3 is 0 Å². The van der Waals surface area contributed by atoms with Crippen molar-refractivity contribution in [2.24, 2.45) is 0 Å². The van der Waals surface area contributed by atoms with Crippen molar-refractivity contribution in [2.45, 2.75) is 32.3 Å². The van der Waals surface area contributed by atoms with Crippen LogP contribution in [0.25, 0.3) is 11.0 Å². The van der Waals surface area contributed by atoms with Crippen LogP contribution in [0.1, 0.15) is 36.8 Å². The van der Waals surface area contributed by atoms with E-state index in [4.69, 9.17) is 9.72 Å². The lowest BCUT2D eigenvalue weighted by molar-refractivity contribution is 0.0119. The van der Waals surface area contributed by atoms with Gasteiger partial charge in [0.25, 0.3) is 0 Å². The Bertz CT molecular complexity index is 533. The molecule has 0 saturated carbocycles. The van der Waals surface area contributed by atoms with Gasteiger partial charge in [-0.05, 0) is 38.3 Å². The summed E-state index contributed by atoms with van der Waals surface area (Å²) in [6.45, 7) is 2.87. The summed E-state index contributed by atoms with van der Waals surface area (Å²) < 4.78 is 5.79. The molecule has 1 atom stereocenters. The fourth-order valence-electron chi connectivity index (χ4n) is 2.36. The molecular formula is C14H16N2O. The standard InChI is InChI=1S/C14H16N2O/c1-10-14(13-8-4-5-9-17-13)16-12-7-3-2-6-11(12)15-10/h2-3,6-7,13H,4-5,8-9H2,1H3. The molecule has 1 aliphatic heterocycles. The Morgan fingerprint density at radius 1 is 1.12 bits per heavy atom. The molecule has 0 aliphatic carbocycles.